The summed E-state index contributed by atoms with van der Waals surface area (Å²) in [4.78, 5) is 10.6. The molecule has 0 unspecified atom stereocenters. The molecule has 10 heteroatoms. The lowest BCUT2D eigenvalue weighted by atomic mass is 9.97. The van der Waals surface area contributed by atoms with Crippen LogP contribution < -0.4 is 9.62 Å². The first-order valence-corrected chi connectivity index (χ1v) is 10.6. The molecule has 1 saturated heterocycles. The molecule has 168 valence electrons. The van der Waals surface area contributed by atoms with E-state index in [9.17, 15) is 22.7 Å². The predicted octanol–water partition coefficient (Wildman–Crippen LogP) is 5.30. The molecule has 32 heavy (non-hydrogen) atoms. The highest BCUT2D eigenvalue weighted by atomic mass is 32.2. The normalized spacial score (nSPS) is 15.4. The minimum atomic E-state index is -4.64. The maximum absolute atomic E-state index is 14.0. The molecule has 0 radical (unpaired) electrons. The SMILES string of the molecule is Cc1c(F)cccc1-c1nc(NSc2cccc(N3CC(C)(O)C3)n2)ccc1C(F)(F)F. The van der Waals surface area contributed by atoms with Crippen molar-refractivity contribution >= 4 is 23.6 Å². The van der Waals surface area contributed by atoms with E-state index in [0.29, 0.717) is 23.9 Å². The summed E-state index contributed by atoms with van der Waals surface area (Å²) in [6, 6.07) is 11.5. The van der Waals surface area contributed by atoms with Crippen molar-refractivity contribution in [3.05, 3.63) is 65.5 Å². The molecule has 0 aliphatic carbocycles. The average Bonchev–Trinajstić information content (AvgIpc) is 2.72. The number of pyridine rings is 2. The number of nitrogens with zero attached hydrogens (tertiary/aromatic N) is 3. The van der Waals surface area contributed by atoms with Gasteiger partial charge in [0.2, 0.25) is 0 Å². The summed E-state index contributed by atoms with van der Waals surface area (Å²) in [5, 5.41) is 10.5. The van der Waals surface area contributed by atoms with Gasteiger partial charge in [-0.2, -0.15) is 13.2 Å². The van der Waals surface area contributed by atoms with Gasteiger partial charge in [0, 0.05) is 30.6 Å². The van der Waals surface area contributed by atoms with E-state index in [-0.39, 0.29) is 22.6 Å². The van der Waals surface area contributed by atoms with Crippen molar-refractivity contribution in [2.24, 2.45) is 0 Å². The zero-order valence-corrected chi connectivity index (χ0v) is 18.1. The Morgan fingerprint density at radius 2 is 1.78 bits per heavy atom. The number of β-amino-alcohol motifs (C(OH)–C–C–N with tert-alkyl or cyclic N) is 1. The number of aromatic nitrogens is 2. The van der Waals surface area contributed by atoms with Crippen molar-refractivity contribution in [3.8, 4) is 11.3 Å². The Balaban J connectivity index is 1.58. The molecule has 0 atom stereocenters. The number of hydrogen-bond acceptors (Lipinski definition) is 6. The summed E-state index contributed by atoms with van der Waals surface area (Å²) in [6.07, 6.45) is -4.64. The number of anilines is 2. The van der Waals surface area contributed by atoms with Crippen LogP contribution >= 0.6 is 11.9 Å². The van der Waals surface area contributed by atoms with Crippen molar-refractivity contribution in [2.75, 3.05) is 22.7 Å². The molecule has 1 aliphatic rings. The zero-order valence-electron chi connectivity index (χ0n) is 17.2. The quantitative estimate of drug-likeness (QED) is 0.395. The van der Waals surface area contributed by atoms with E-state index in [4.69, 9.17) is 0 Å². The Morgan fingerprint density at radius 3 is 2.47 bits per heavy atom. The Kier molecular flexibility index (Phi) is 5.76. The van der Waals surface area contributed by atoms with E-state index in [1.807, 2.05) is 11.0 Å². The van der Waals surface area contributed by atoms with Crippen LogP contribution in [0.4, 0.5) is 29.2 Å². The highest BCUT2D eigenvalue weighted by Crippen LogP contribution is 2.38. The molecule has 0 bridgehead atoms. The second kappa shape index (κ2) is 8.25. The molecular weight excluding hydrogens is 444 g/mol. The molecule has 4 rings (SSSR count). The number of hydrogen-bond donors (Lipinski definition) is 2. The third-order valence-corrected chi connectivity index (χ3v) is 5.83. The lowest BCUT2D eigenvalue weighted by Gasteiger charge is -2.44. The predicted molar refractivity (Wildman–Crippen MR) is 116 cm³/mol. The monoisotopic (exact) mass is 464 g/mol. The Hall–Kier alpha value is -2.85. The molecule has 0 spiro atoms. The summed E-state index contributed by atoms with van der Waals surface area (Å²) in [6.45, 7) is 4.11. The molecule has 1 aliphatic heterocycles. The van der Waals surface area contributed by atoms with E-state index in [2.05, 4.69) is 14.7 Å². The maximum atomic E-state index is 14.0. The van der Waals surface area contributed by atoms with Crippen LogP contribution in [0, 0.1) is 12.7 Å². The third-order valence-electron chi connectivity index (χ3n) is 5.08. The molecule has 3 aromatic rings. The summed E-state index contributed by atoms with van der Waals surface area (Å²) in [7, 11) is 0. The molecule has 5 nitrogen and oxygen atoms in total. The molecule has 1 aromatic carbocycles. The van der Waals surface area contributed by atoms with Crippen molar-refractivity contribution in [1.82, 2.24) is 9.97 Å². The number of aliphatic hydroxyl groups is 1. The highest BCUT2D eigenvalue weighted by Gasteiger charge is 2.37. The van der Waals surface area contributed by atoms with Gasteiger partial charge in [-0.15, -0.1) is 0 Å². The van der Waals surface area contributed by atoms with Gasteiger partial charge >= 0.3 is 6.18 Å². The smallest absolute Gasteiger partial charge is 0.386 e. The van der Waals surface area contributed by atoms with Gasteiger partial charge in [0.25, 0.3) is 0 Å². The van der Waals surface area contributed by atoms with Crippen molar-refractivity contribution < 1.29 is 22.7 Å². The lowest BCUT2D eigenvalue weighted by molar-refractivity contribution is -0.137. The molecule has 1 fully saturated rings. The minimum Gasteiger partial charge on any atom is -0.386 e. The Morgan fingerprint density at radius 1 is 1.06 bits per heavy atom. The van der Waals surface area contributed by atoms with Crippen LogP contribution in [0.1, 0.15) is 18.1 Å². The van der Waals surface area contributed by atoms with E-state index in [1.54, 1.807) is 19.1 Å². The van der Waals surface area contributed by atoms with Gasteiger partial charge in [0.05, 0.1) is 16.9 Å². The third kappa shape index (κ3) is 4.66. The summed E-state index contributed by atoms with van der Waals surface area (Å²) >= 11 is 1.10. The largest absolute Gasteiger partial charge is 0.418 e. The van der Waals surface area contributed by atoms with Gasteiger partial charge in [0.1, 0.15) is 22.5 Å². The fourth-order valence-corrected chi connectivity index (χ4v) is 4.10. The van der Waals surface area contributed by atoms with Gasteiger partial charge in [0.15, 0.2) is 0 Å². The summed E-state index contributed by atoms with van der Waals surface area (Å²) in [5.74, 6) is 0.275. The second-order valence-corrected chi connectivity index (χ2v) is 8.72. The van der Waals surface area contributed by atoms with E-state index in [1.165, 1.54) is 31.2 Å². The lowest BCUT2D eigenvalue weighted by Crippen LogP contribution is -2.60. The van der Waals surface area contributed by atoms with Crippen molar-refractivity contribution in [3.63, 3.8) is 0 Å². The van der Waals surface area contributed by atoms with Gasteiger partial charge in [-0.25, -0.2) is 14.4 Å². The second-order valence-electron chi connectivity index (χ2n) is 7.89. The molecule has 3 heterocycles. The minimum absolute atomic E-state index is 0.0796. The maximum Gasteiger partial charge on any atom is 0.418 e. The van der Waals surface area contributed by atoms with Gasteiger partial charge in [-0.3, -0.25) is 0 Å². The van der Waals surface area contributed by atoms with Crippen LogP contribution in [0.2, 0.25) is 0 Å². The number of nitrogens with one attached hydrogen (secondary N) is 1. The van der Waals surface area contributed by atoms with Crippen LogP contribution in [0.3, 0.4) is 0 Å². The summed E-state index contributed by atoms with van der Waals surface area (Å²) in [5.41, 5.74) is -1.85. The van der Waals surface area contributed by atoms with Gasteiger partial charge in [-0.05, 0) is 49.7 Å². The number of alkyl halides is 3. The number of benzene rings is 1. The fourth-order valence-electron chi connectivity index (χ4n) is 3.49. The van der Waals surface area contributed by atoms with Gasteiger partial charge < -0.3 is 14.7 Å². The first kappa shape index (κ1) is 22.3. The van der Waals surface area contributed by atoms with Crippen LogP contribution in [0.25, 0.3) is 11.3 Å². The van der Waals surface area contributed by atoms with Crippen molar-refractivity contribution in [2.45, 2.75) is 30.7 Å². The number of rotatable bonds is 5. The first-order chi connectivity index (χ1) is 15.0. The molecule has 2 N–H and O–H groups in total. The highest BCUT2D eigenvalue weighted by molar-refractivity contribution is 8.00. The average molecular weight is 464 g/mol. The molecule has 0 saturated carbocycles. The van der Waals surface area contributed by atoms with Crippen LogP contribution in [0.5, 0.6) is 0 Å². The van der Waals surface area contributed by atoms with Gasteiger partial charge in [-0.1, -0.05) is 18.2 Å². The van der Waals surface area contributed by atoms with Crippen molar-refractivity contribution in [1.29, 1.82) is 0 Å². The Labute approximate surface area is 186 Å². The molecule has 0 amide bonds. The van der Waals surface area contributed by atoms with Crippen LogP contribution in [-0.4, -0.2) is 33.8 Å². The first-order valence-electron chi connectivity index (χ1n) is 9.74. The van der Waals surface area contributed by atoms with E-state index in [0.717, 1.165) is 18.0 Å². The Bertz CT molecular complexity index is 1150. The van der Waals surface area contributed by atoms with E-state index < -0.39 is 23.2 Å². The van der Waals surface area contributed by atoms with Crippen LogP contribution in [0.15, 0.2) is 53.6 Å². The fraction of sp³-hybridized carbons (Fsp3) is 0.273. The molecular formula is C22H20F4N4OS. The number of halogens is 4. The topological polar surface area (TPSA) is 61.3 Å². The van der Waals surface area contributed by atoms with E-state index >= 15 is 0 Å². The van der Waals surface area contributed by atoms with Crippen LogP contribution in [-0.2, 0) is 6.18 Å². The zero-order chi connectivity index (χ0) is 23.1. The standard InChI is InChI=1S/C22H20F4N4OS/c1-13-14(5-3-6-16(13)23)20-15(22(24,25)26)9-10-17(27-20)29-32-19-8-4-7-18(28-19)30-11-21(2,31)12-30/h3-10,31H,11-12H2,1-2H3,(H,27,29). The summed E-state index contributed by atoms with van der Waals surface area (Å²) < 4.78 is 57.6. The molecule has 2 aromatic heterocycles.